The van der Waals surface area contributed by atoms with E-state index >= 15 is 0 Å². The molecule has 0 atom stereocenters. The minimum absolute atomic E-state index is 0.0231. The topological polar surface area (TPSA) is 68.9 Å². The van der Waals surface area contributed by atoms with E-state index in [1.165, 1.54) is 18.2 Å². The molecule has 0 spiro atoms. The van der Waals surface area contributed by atoms with Crippen molar-refractivity contribution in [3.63, 3.8) is 0 Å². The summed E-state index contributed by atoms with van der Waals surface area (Å²) in [5, 5.41) is 0. The maximum absolute atomic E-state index is 14.0. The molecule has 0 fully saturated rings. The summed E-state index contributed by atoms with van der Waals surface area (Å²) in [6, 6.07) is 4.93. The van der Waals surface area contributed by atoms with Crippen molar-refractivity contribution in [2.45, 2.75) is 6.42 Å². The number of halogens is 1. The maximum Gasteiger partial charge on any atom is 0.195 e. The molecule has 2 N–H and O–H groups in total. The molecule has 0 aliphatic heterocycles. The molecule has 1 heterocycles. The Morgan fingerprint density at radius 1 is 1.14 bits per heavy atom. The predicted octanol–water partition coefficient (Wildman–Crippen LogP) is 2.84. The van der Waals surface area contributed by atoms with Crippen LogP contribution in [0.3, 0.4) is 0 Å². The second-order valence-corrected chi connectivity index (χ2v) is 4.67. The zero-order valence-corrected chi connectivity index (χ0v) is 11.1. The predicted molar refractivity (Wildman–Crippen MR) is 78.0 cm³/mol. The molecule has 0 unspecified atom stereocenters. The summed E-state index contributed by atoms with van der Waals surface area (Å²) in [4.78, 5) is 20.7. The Kier molecular flexibility index (Phi) is 3.31. The van der Waals surface area contributed by atoms with E-state index in [2.05, 4.69) is 9.97 Å². The number of Topliss-reactive ketones (excluding diaryl/α,β-unsaturated/α-hetero) is 1. The lowest BCUT2D eigenvalue weighted by Gasteiger charge is -2.05. The highest BCUT2D eigenvalue weighted by Crippen LogP contribution is 2.23. The van der Waals surface area contributed by atoms with Gasteiger partial charge in [0, 0.05) is 30.1 Å². The number of ketones is 1. The number of rotatable bonds is 2. The van der Waals surface area contributed by atoms with E-state index in [1.807, 2.05) is 0 Å². The highest BCUT2D eigenvalue weighted by Gasteiger charge is 2.18. The van der Waals surface area contributed by atoms with Gasteiger partial charge in [0.05, 0.1) is 16.6 Å². The molecule has 0 bridgehead atoms. The maximum atomic E-state index is 14.0. The number of carbonyl (C=O) groups is 1. The molecule has 1 aliphatic carbocycles. The molecule has 21 heavy (non-hydrogen) atoms. The number of nitrogens with two attached hydrogens (primary N) is 1. The molecular weight excluding hydrogens is 269 g/mol. The molecule has 1 aromatic heterocycles. The number of allylic oxidation sites excluding steroid dienone is 5. The van der Waals surface area contributed by atoms with Crippen LogP contribution in [-0.4, -0.2) is 15.8 Å². The lowest BCUT2D eigenvalue weighted by Crippen LogP contribution is -2.05. The Balaban J connectivity index is 2.01. The lowest BCUT2D eigenvalue weighted by molar-refractivity contribution is 0.103. The molecule has 0 saturated carbocycles. The van der Waals surface area contributed by atoms with Gasteiger partial charge in [-0.05, 0) is 30.4 Å². The van der Waals surface area contributed by atoms with Gasteiger partial charge in [-0.25, -0.2) is 4.39 Å². The van der Waals surface area contributed by atoms with Crippen LogP contribution in [0.4, 0.5) is 4.39 Å². The van der Waals surface area contributed by atoms with Crippen molar-refractivity contribution in [2.75, 3.05) is 0 Å². The van der Waals surface area contributed by atoms with Crippen LogP contribution in [0.5, 0.6) is 0 Å². The van der Waals surface area contributed by atoms with Crippen LogP contribution >= 0.6 is 0 Å². The van der Waals surface area contributed by atoms with Crippen LogP contribution in [0, 0.1) is 0 Å². The normalized spacial score (nSPS) is 15.0. The smallest absolute Gasteiger partial charge is 0.195 e. The summed E-state index contributed by atoms with van der Waals surface area (Å²) >= 11 is 0. The molecule has 0 saturated heterocycles. The second kappa shape index (κ2) is 5.28. The zero-order chi connectivity index (χ0) is 14.8. The van der Waals surface area contributed by atoms with Crippen molar-refractivity contribution in [2.24, 2.45) is 5.73 Å². The summed E-state index contributed by atoms with van der Waals surface area (Å²) < 4.78 is 14.0. The number of fused-ring (bicyclic) bond motifs is 1. The van der Waals surface area contributed by atoms with Crippen molar-refractivity contribution < 1.29 is 9.18 Å². The number of hydrogen-bond donors (Lipinski definition) is 1. The minimum atomic E-state index is -0.584. The third-order valence-electron chi connectivity index (χ3n) is 3.22. The van der Waals surface area contributed by atoms with Crippen LogP contribution in [0.2, 0.25) is 0 Å². The van der Waals surface area contributed by atoms with Gasteiger partial charge in [0.2, 0.25) is 0 Å². The van der Waals surface area contributed by atoms with Gasteiger partial charge < -0.3 is 5.73 Å². The van der Waals surface area contributed by atoms with E-state index in [4.69, 9.17) is 5.73 Å². The zero-order valence-electron chi connectivity index (χ0n) is 11.1. The van der Waals surface area contributed by atoms with Crippen molar-refractivity contribution >= 4 is 16.8 Å². The van der Waals surface area contributed by atoms with Crippen LogP contribution < -0.4 is 5.73 Å². The van der Waals surface area contributed by atoms with Crippen LogP contribution in [0.1, 0.15) is 16.8 Å². The average Bonchev–Trinajstić information content (AvgIpc) is 2.68. The Labute approximate surface area is 120 Å². The second-order valence-electron chi connectivity index (χ2n) is 4.67. The van der Waals surface area contributed by atoms with Gasteiger partial charge in [0.25, 0.3) is 0 Å². The summed E-state index contributed by atoms with van der Waals surface area (Å²) in [7, 11) is 0. The standard InChI is InChI=1S/C16H12FN3O/c17-13-5-3-11(18)2-4-12(13)16(21)10-1-6-14-15(9-10)20-8-7-19-14/h1,3-9H,2,18H2. The minimum Gasteiger partial charge on any atom is -0.402 e. The molecule has 1 aliphatic rings. The number of aromatic nitrogens is 2. The monoisotopic (exact) mass is 281 g/mol. The molecule has 4 nitrogen and oxygen atoms in total. The van der Waals surface area contributed by atoms with Gasteiger partial charge in [0.1, 0.15) is 5.83 Å². The van der Waals surface area contributed by atoms with E-state index in [1.54, 1.807) is 30.6 Å². The third-order valence-corrected chi connectivity index (χ3v) is 3.22. The summed E-state index contributed by atoms with van der Waals surface area (Å²) in [5.41, 5.74) is 7.84. The molecule has 0 amide bonds. The van der Waals surface area contributed by atoms with E-state index in [0.29, 0.717) is 28.7 Å². The quantitative estimate of drug-likeness (QED) is 0.859. The fraction of sp³-hybridized carbons (Fsp3) is 0.0625. The van der Waals surface area contributed by atoms with E-state index in [-0.39, 0.29) is 11.4 Å². The molecule has 0 radical (unpaired) electrons. The number of carbonyl (C=O) groups excluding carboxylic acids is 1. The van der Waals surface area contributed by atoms with Gasteiger partial charge in [0.15, 0.2) is 5.78 Å². The van der Waals surface area contributed by atoms with Gasteiger partial charge in [-0.2, -0.15) is 0 Å². The Hall–Kier alpha value is -2.82. The molecule has 3 rings (SSSR count). The van der Waals surface area contributed by atoms with Gasteiger partial charge in [-0.1, -0.05) is 6.08 Å². The summed E-state index contributed by atoms with van der Waals surface area (Å²) in [5.74, 6) is -0.973. The van der Waals surface area contributed by atoms with Crippen LogP contribution in [0.25, 0.3) is 11.0 Å². The first-order valence-corrected chi connectivity index (χ1v) is 6.43. The first kappa shape index (κ1) is 13.2. The largest absolute Gasteiger partial charge is 0.402 e. The fourth-order valence-electron chi connectivity index (χ4n) is 2.12. The number of hydrogen-bond acceptors (Lipinski definition) is 4. The number of benzene rings is 1. The van der Waals surface area contributed by atoms with E-state index < -0.39 is 5.83 Å². The van der Waals surface area contributed by atoms with E-state index in [0.717, 1.165) is 0 Å². The SMILES string of the molecule is NC1=CC=C(F)C(C(=O)c2ccc3nccnc3c2)=CC1. The summed E-state index contributed by atoms with van der Waals surface area (Å²) in [6.45, 7) is 0. The molecule has 2 aromatic rings. The molecule has 104 valence electrons. The van der Waals surface area contributed by atoms with Crippen LogP contribution in [0.15, 0.2) is 65.9 Å². The highest BCUT2D eigenvalue weighted by molar-refractivity contribution is 6.12. The van der Waals surface area contributed by atoms with Crippen molar-refractivity contribution in [3.8, 4) is 0 Å². The fourth-order valence-corrected chi connectivity index (χ4v) is 2.12. The van der Waals surface area contributed by atoms with Crippen LogP contribution in [-0.2, 0) is 0 Å². The Morgan fingerprint density at radius 2 is 1.90 bits per heavy atom. The number of nitrogens with zero attached hydrogens (tertiary/aromatic N) is 2. The third kappa shape index (κ3) is 2.58. The average molecular weight is 281 g/mol. The van der Waals surface area contributed by atoms with Crippen molar-refractivity contribution in [1.82, 2.24) is 9.97 Å². The van der Waals surface area contributed by atoms with Gasteiger partial charge >= 0.3 is 0 Å². The summed E-state index contributed by atoms with van der Waals surface area (Å²) in [6.07, 6.45) is 7.66. The molecule has 1 aromatic carbocycles. The first-order valence-electron chi connectivity index (χ1n) is 6.43. The van der Waals surface area contributed by atoms with Gasteiger partial charge in [-0.15, -0.1) is 0 Å². The van der Waals surface area contributed by atoms with Gasteiger partial charge in [-0.3, -0.25) is 14.8 Å². The Morgan fingerprint density at radius 3 is 2.71 bits per heavy atom. The lowest BCUT2D eigenvalue weighted by atomic mass is 10.0. The first-order chi connectivity index (χ1) is 10.1. The molecule has 5 heteroatoms. The van der Waals surface area contributed by atoms with Crippen molar-refractivity contribution in [1.29, 1.82) is 0 Å². The van der Waals surface area contributed by atoms with E-state index in [9.17, 15) is 9.18 Å². The highest BCUT2D eigenvalue weighted by atomic mass is 19.1. The Bertz CT molecular complexity index is 821. The molecular formula is C16H12FN3O. The van der Waals surface area contributed by atoms with Crippen molar-refractivity contribution in [3.05, 3.63) is 71.5 Å².